The third-order valence-corrected chi connectivity index (χ3v) is 1.94. The van der Waals surface area contributed by atoms with Crippen LogP contribution in [-0.2, 0) is 4.43 Å². The topological polar surface area (TPSA) is 9.23 Å². The molecular weight excluding hydrogens is 140 g/mol. The number of hydrogen-bond acceptors (Lipinski definition) is 1. The van der Waals surface area contributed by atoms with E-state index in [1.54, 1.807) is 0 Å². The predicted molar refractivity (Wildman–Crippen MR) is 44.9 cm³/mol. The molecule has 1 rings (SSSR count). The van der Waals surface area contributed by atoms with Gasteiger partial charge in [-0.25, -0.2) is 0 Å². The Balaban J connectivity index is 2.46. The molecule has 2 heteroatoms. The summed E-state index contributed by atoms with van der Waals surface area (Å²) < 4.78 is 5.68. The second kappa shape index (κ2) is 2.62. The van der Waals surface area contributed by atoms with Gasteiger partial charge in [0.2, 0.25) is 8.32 Å². The minimum Gasteiger partial charge on any atom is -0.545 e. The molecule has 0 aromatic carbocycles. The first-order chi connectivity index (χ1) is 4.58. The summed E-state index contributed by atoms with van der Waals surface area (Å²) in [5.41, 5.74) is 0. The lowest BCUT2D eigenvalue weighted by atomic mass is 10.5. The van der Waals surface area contributed by atoms with Gasteiger partial charge in [-0.2, -0.15) is 0 Å². The molecule has 0 aromatic heterocycles. The Morgan fingerprint density at radius 1 is 1.50 bits per heavy atom. The average Bonchev–Trinajstić information content (AvgIpc) is 2.12. The van der Waals surface area contributed by atoms with Crippen molar-refractivity contribution in [1.29, 1.82) is 0 Å². The minimum absolute atomic E-state index is 0.916. The maximum absolute atomic E-state index is 5.68. The van der Waals surface area contributed by atoms with Gasteiger partial charge in [-0.05, 0) is 44.3 Å². The van der Waals surface area contributed by atoms with Crippen molar-refractivity contribution in [2.24, 2.45) is 0 Å². The molecule has 10 heavy (non-hydrogen) atoms. The smallest absolute Gasteiger partial charge is 0.242 e. The van der Waals surface area contributed by atoms with Gasteiger partial charge in [-0.15, -0.1) is 0 Å². The molecule has 0 unspecified atom stereocenters. The van der Waals surface area contributed by atoms with Gasteiger partial charge in [-0.1, -0.05) is 0 Å². The summed E-state index contributed by atoms with van der Waals surface area (Å²) >= 11 is 0. The normalized spacial score (nSPS) is 17.3. The van der Waals surface area contributed by atoms with Crippen molar-refractivity contribution in [2.75, 3.05) is 0 Å². The number of allylic oxidation sites excluding steroid dienone is 3. The van der Waals surface area contributed by atoms with E-state index in [-0.39, 0.29) is 0 Å². The van der Waals surface area contributed by atoms with E-state index >= 15 is 0 Å². The van der Waals surface area contributed by atoms with E-state index in [0.717, 1.165) is 12.2 Å². The number of rotatable bonds is 2. The van der Waals surface area contributed by atoms with Crippen molar-refractivity contribution >= 4 is 8.32 Å². The van der Waals surface area contributed by atoms with Gasteiger partial charge in [0.1, 0.15) is 0 Å². The van der Waals surface area contributed by atoms with Gasteiger partial charge >= 0.3 is 0 Å². The molecule has 1 aliphatic carbocycles. The van der Waals surface area contributed by atoms with E-state index in [4.69, 9.17) is 4.43 Å². The summed E-state index contributed by atoms with van der Waals surface area (Å²) in [6.45, 7) is 6.54. The van der Waals surface area contributed by atoms with Gasteiger partial charge in [0, 0.05) is 0 Å². The van der Waals surface area contributed by atoms with Gasteiger partial charge in [0.15, 0.2) is 0 Å². The first kappa shape index (κ1) is 7.60. The molecule has 0 bridgehead atoms. The van der Waals surface area contributed by atoms with E-state index in [0.29, 0.717) is 0 Å². The maximum Gasteiger partial charge on any atom is 0.242 e. The van der Waals surface area contributed by atoms with E-state index < -0.39 is 8.32 Å². The minimum atomic E-state index is -1.36. The third-order valence-electron chi connectivity index (χ3n) is 1.09. The Morgan fingerprint density at radius 3 is 2.60 bits per heavy atom. The van der Waals surface area contributed by atoms with E-state index in [1.807, 2.05) is 6.08 Å². The average molecular weight is 153 g/mol. The summed E-state index contributed by atoms with van der Waals surface area (Å²) in [7, 11) is -1.36. The van der Waals surface area contributed by atoms with Gasteiger partial charge in [0.05, 0.1) is 5.76 Å². The molecule has 0 saturated carbocycles. The largest absolute Gasteiger partial charge is 0.545 e. The van der Waals surface area contributed by atoms with Crippen molar-refractivity contribution < 1.29 is 4.43 Å². The quantitative estimate of drug-likeness (QED) is 0.554. The van der Waals surface area contributed by atoms with Crippen LogP contribution in [0.15, 0.2) is 17.9 Å². The summed E-state index contributed by atoms with van der Waals surface area (Å²) in [6.07, 6.45) is 7.99. The van der Waals surface area contributed by atoms with Crippen LogP contribution in [0.4, 0.5) is 0 Å². The van der Waals surface area contributed by atoms with Crippen LogP contribution in [0.3, 0.4) is 0 Å². The van der Waals surface area contributed by atoms with Crippen molar-refractivity contribution in [3.05, 3.63) is 24.0 Å². The lowest BCUT2D eigenvalue weighted by Crippen LogP contribution is -2.24. The Labute approximate surface area is 63.5 Å². The molecule has 0 spiro atoms. The highest BCUT2D eigenvalue weighted by Gasteiger charge is 2.16. The summed E-state index contributed by atoms with van der Waals surface area (Å²) in [4.78, 5) is 0. The van der Waals surface area contributed by atoms with E-state index in [2.05, 4.69) is 31.8 Å². The highest BCUT2D eigenvalue weighted by atomic mass is 28.4. The molecular formula is C8H13OSi. The van der Waals surface area contributed by atoms with Gasteiger partial charge in [0.25, 0.3) is 0 Å². The highest BCUT2D eigenvalue weighted by Crippen LogP contribution is 2.15. The Kier molecular flexibility index (Phi) is 1.99. The van der Waals surface area contributed by atoms with Crippen molar-refractivity contribution in [2.45, 2.75) is 26.1 Å². The first-order valence-corrected chi connectivity index (χ1v) is 6.94. The van der Waals surface area contributed by atoms with Crippen LogP contribution in [0.2, 0.25) is 19.6 Å². The number of hydrogen-bond donors (Lipinski definition) is 0. The predicted octanol–water partition coefficient (Wildman–Crippen LogP) is 2.48. The maximum atomic E-state index is 5.68. The van der Waals surface area contributed by atoms with Crippen LogP contribution in [0.5, 0.6) is 0 Å². The standard InChI is InChI=1S/C8H13OSi/c1-10(2,3)9-8-6-4-5-7-8/h6-7H,4H2,1-3H3. The van der Waals surface area contributed by atoms with Crippen molar-refractivity contribution in [3.63, 3.8) is 0 Å². The molecule has 0 atom stereocenters. The Hall–Kier alpha value is -0.503. The molecule has 0 N–H and O–H groups in total. The molecule has 0 fully saturated rings. The molecule has 1 nitrogen and oxygen atoms in total. The third kappa shape index (κ3) is 2.39. The summed E-state index contributed by atoms with van der Waals surface area (Å²) in [6, 6.07) is 0. The Bertz CT molecular complexity index is 174. The fourth-order valence-corrected chi connectivity index (χ4v) is 1.65. The summed E-state index contributed by atoms with van der Waals surface area (Å²) in [5.74, 6) is 1.01. The highest BCUT2D eigenvalue weighted by molar-refractivity contribution is 6.70. The summed E-state index contributed by atoms with van der Waals surface area (Å²) in [5, 5.41) is 0. The first-order valence-electron chi connectivity index (χ1n) is 3.54. The fourth-order valence-electron chi connectivity index (χ4n) is 0.803. The second-order valence-corrected chi connectivity index (χ2v) is 7.80. The zero-order chi connectivity index (χ0) is 7.61. The van der Waals surface area contributed by atoms with Crippen LogP contribution in [0, 0.1) is 6.08 Å². The van der Waals surface area contributed by atoms with Crippen LogP contribution < -0.4 is 0 Å². The molecule has 0 saturated heterocycles. The molecule has 0 heterocycles. The van der Waals surface area contributed by atoms with Gasteiger partial charge < -0.3 is 4.43 Å². The van der Waals surface area contributed by atoms with E-state index in [1.165, 1.54) is 0 Å². The van der Waals surface area contributed by atoms with Crippen molar-refractivity contribution in [3.8, 4) is 0 Å². The lowest BCUT2D eigenvalue weighted by molar-refractivity contribution is 0.442. The zero-order valence-corrected chi connectivity index (χ0v) is 7.77. The Morgan fingerprint density at radius 2 is 2.20 bits per heavy atom. The van der Waals surface area contributed by atoms with Crippen molar-refractivity contribution in [1.82, 2.24) is 0 Å². The molecule has 1 aliphatic rings. The van der Waals surface area contributed by atoms with E-state index in [9.17, 15) is 0 Å². The van der Waals surface area contributed by atoms with Crippen LogP contribution >= 0.6 is 0 Å². The fraction of sp³-hybridized carbons (Fsp3) is 0.500. The molecule has 1 radical (unpaired) electrons. The SMILES string of the molecule is C[Si](C)(C)OC1=CC[C]=C1. The lowest BCUT2D eigenvalue weighted by Gasteiger charge is -2.18. The van der Waals surface area contributed by atoms with Crippen LogP contribution in [0.1, 0.15) is 6.42 Å². The van der Waals surface area contributed by atoms with Crippen LogP contribution in [0.25, 0.3) is 0 Å². The molecule has 0 aromatic rings. The monoisotopic (exact) mass is 153 g/mol. The van der Waals surface area contributed by atoms with Crippen LogP contribution in [-0.4, -0.2) is 8.32 Å². The van der Waals surface area contributed by atoms with Gasteiger partial charge in [-0.3, -0.25) is 0 Å². The molecule has 0 aliphatic heterocycles. The second-order valence-electron chi connectivity index (χ2n) is 3.37. The molecule has 55 valence electrons. The zero-order valence-electron chi connectivity index (χ0n) is 6.77. The molecule has 0 amide bonds.